The van der Waals surface area contributed by atoms with Gasteiger partial charge in [0.25, 0.3) is 0 Å². The van der Waals surface area contributed by atoms with Crippen LogP contribution in [0, 0.1) is 50.7 Å². The van der Waals surface area contributed by atoms with Crippen LogP contribution in [0.15, 0.2) is 27.7 Å². The van der Waals surface area contributed by atoms with Gasteiger partial charge < -0.3 is 4.42 Å². The van der Waals surface area contributed by atoms with E-state index in [1.165, 1.54) is 5.57 Å². The first-order valence-corrected chi connectivity index (χ1v) is 16.4. The number of fused-ring (bicyclic) bond motifs is 5. The molecule has 0 saturated heterocycles. The molecule has 0 bridgehead atoms. The van der Waals surface area contributed by atoms with Crippen LogP contribution < -0.4 is 0 Å². The molecule has 0 radical (unpaired) electrons. The lowest BCUT2D eigenvalue weighted by molar-refractivity contribution is -0.156. The van der Waals surface area contributed by atoms with Crippen molar-refractivity contribution in [1.82, 2.24) is 10.2 Å². The smallest absolute Gasteiger partial charge is 0.222 e. The summed E-state index contributed by atoms with van der Waals surface area (Å²) in [6, 6.07) is 2.15. The zero-order chi connectivity index (χ0) is 30.7. The molecule has 5 rings (SSSR count). The van der Waals surface area contributed by atoms with Crippen molar-refractivity contribution < 1.29 is 14.0 Å². The van der Waals surface area contributed by atoms with Gasteiger partial charge in [-0.3, -0.25) is 9.59 Å². The summed E-state index contributed by atoms with van der Waals surface area (Å²) in [5.74, 6) is 1.82. The van der Waals surface area contributed by atoms with Crippen molar-refractivity contribution in [3.63, 3.8) is 0 Å². The van der Waals surface area contributed by atoms with Gasteiger partial charge in [0, 0.05) is 17.8 Å². The Labute approximate surface area is 252 Å². The molecule has 4 aliphatic rings. The van der Waals surface area contributed by atoms with Crippen molar-refractivity contribution in [2.45, 2.75) is 131 Å². The molecular weight excluding hydrogens is 522 g/mol. The van der Waals surface area contributed by atoms with Crippen LogP contribution in [-0.2, 0) is 21.4 Å². The monoisotopic (exact) mass is 573 g/mol. The molecule has 3 fully saturated rings. The maximum atomic E-state index is 14.4. The third kappa shape index (κ3) is 4.56. The number of nitrogens with zero attached hydrogens (tertiary/aromatic N) is 3. The fraction of sp³-hybridized carbons (Fsp3) is 0.750. The van der Waals surface area contributed by atoms with E-state index < -0.39 is 5.41 Å². The number of carbonyl (C=O) groups excluding carboxylic acids is 2. The van der Waals surface area contributed by atoms with Crippen LogP contribution in [0.3, 0.4) is 0 Å². The van der Waals surface area contributed by atoms with Crippen molar-refractivity contribution in [2.24, 2.45) is 39.4 Å². The maximum Gasteiger partial charge on any atom is 0.222 e. The summed E-state index contributed by atoms with van der Waals surface area (Å²) in [5, 5.41) is 18.8. The molecule has 0 N–H and O–H groups in total. The normalized spacial score (nSPS) is 36.3. The number of hydrogen-bond donors (Lipinski definition) is 0. The first-order valence-electron chi connectivity index (χ1n) is 16.4. The Morgan fingerprint density at radius 2 is 1.83 bits per heavy atom. The molecule has 0 amide bonds. The van der Waals surface area contributed by atoms with Crippen LogP contribution in [0.1, 0.15) is 131 Å². The van der Waals surface area contributed by atoms with Crippen LogP contribution in [0.5, 0.6) is 0 Å². The molecule has 1 heterocycles. The van der Waals surface area contributed by atoms with E-state index in [1.807, 2.05) is 26.8 Å². The van der Waals surface area contributed by atoms with Crippen molar-refractivity contribution in [3.05, 3.63) is 35.1 Å². The number of carbonyl (C=O) groups is 2. The zero-order valence-electron chi connectivity index (χ0n) is 27.2. The quantitative estimate of drug-likeness (QED) is 0.240. The topological polar surface area (TPSA) is 96.8 Å². The molecular formula is C36H51N3O3. The molecule has 6 atom stereocenters. The molecule has 1 aromatic rings. The Bertz CT molecular complexity index is 1360. The molecule has 6 nitrogen and oxygen atoms in total. The fourth-order valence-electron chi connectivity index (χ4n) is 9.63. The third-order valence-corrected chi connectivity index (χ3v) is 12.7. The highest BCUT2D eigenvalue weighted by atomic mass is 16.4. The predicted molar refractivity (Wildman–Crippen MR) is 163 cm³/mol. The van der Waals surface area contributed by atoms with E-state index in [4.69, 9.17) is 4.42 Å². The van der Waals surface area contributed by atoms with E-state index in [2.05, 4.69) is 50.9 Å². The maximum absolute atomic E-state index is 14.4. The average Bonchev–Trinajstić information content (AvgIpc) is 3.41. The lowest BCUT2D eigenvalue weighted by Gasteiger charge is -2.66. The SMILES string of the molecule is CC/C=C(/C#N)C(=O)C(C)(C)[C@@H]1CC[C@]2(C)C(=CC(=O)C3C4CC(C)(C)CC[C@]4(c4nnc(CCC)o4)CC[C@]32C)C1. The number of hydrogen-bond acceptors (Lipinski definition) is 6. The highest BCUT2D eigenvalue weighted by molar-refractivity contribution is 6.03. The van der Waals surface area contributed by atoms with Crippen LogP contribution in [-0.4, -0.2) is 21.8 Å². The van der Waals surface area contributed by atoms with Crippen LogP contribution >= 0.6 is 0 Å². The molecule has 2 unspecified atom stereocenters. The lowest BCUT2D eigenvalue weighted by atomic mass is 9.37. The van der Waals surface area contributed by atoms with E-state index in [1.54, 1.807) is 6.08 Å². The van der Waals surface area contributed by atoms with Crippen molar-refractivity contribution in [3.8, 4) is 6.07 Å². The number of rotatable bonds is 7. The first kappa shape index (κ1) is 30.9. The largest absolute Gasteiger partial charge is 0.425 e. The molecule has 42 heavy (non-hydrogen) atoms. The third-order valence-electron chi connectivity index (χ3n) is 12.7. The Morgan fingerprint density at radius 1 is 1.12 bits per heavy atom. The van der Waals surface area contributed by atoms with Crippen molar-refractivity contribution in [1.29, 1.82) is 5.26 Å². The Kier molecular flexibility index (Phi) is 7.77. The minimum Gasteiger partial charge on any atom is -0.425 e. The van der Waals surface area contributed by atoms with Gasteiger partial charge in [0.05, 0.1) is 11.0 Å². The number of Topliss-reactive ketones (excluding diaryl/α,β-unsaturated/α-hetero) is 1. The second-order valence-electron chi connectivity index (χ2n) is 15.8. The van der Waals surface area contributed by atoms with Crippen LogP contribution in [0.4, 0.5) is 0 Å². The molecule has 0 aromatic carbocycles. The molecule has 1 aromatic heterocycles. The highest BCUT2D eigenvalue weighted by Crippen LogP contribution is 2.71. The lowest BCUT2D eigenvalue weighted by Crippen LogP contribution is -2.63. The first-order chi connectivity index (χ1) is 19.7. The minimum atomic E-state index is -0.664. The molecule has 0 spiro atoms. The van der Waals surface area contributed by atoms with Crippen molar-refractivity contribution in [2.75, 3.05) is 0 Å². The van der Waals surface area contributed by atoms with Gasteiger partial charge in [-0.25, -0.2) is 0 Å². The molecule has 228 valence electrons. The van der Waals surface area contributed by atoms with Gasteiger partial charge in [-0.05, 0) is 98.4 Å². The Balaban J connectivity index is 1.52. The predicted octanol–water partition coefficient (Wildman–Crippen LogP) is 8.27. The van der Waals surface area contributed by atoms with E-state index in [0.29, 0.717) is 12.3 Å². The summed E-state index contributed by atoms with van der Waals surface area (Å²) in [5.41, 5.74) is 0.422. The van der Waals surface area contributed by atoms with Crippen LogP contribution in [0.2, 0.25) is 0 Å². The van der Waals surface area contributed by atoms with Gasteiger partial charge in [0.2, 0.25) is 11.8 Å². The molecule has 3 saturated carbocycles. The van der Waals surface area contributed by atoms with E-state index in [0.717, 1.165) is 70.1 Å². The Morgan fingerprint density at radius 3 is 2.50 bits per heavy atom. The second-order valence-corrected chi connectivity index (χ2v) is 15.8. The van der Waals surface area contributed by atoms with Crippen molar-refractivity contribution >= 4 is 11.6 Å². The molecule has 6 heteroatoms. The number of aryl methyl sites for hydroxylation is 1. The number of ketones is 2. The fourth-order valence-corrected chi connectivity index (χ4v) is 9.63. The van der Waals surface area contributed by atoms with E-state index in [9.17, 15) is 14.9 Å². The van der Waals surface area contributed by atoms with Gasteiger partial charge >= 0.3 is 0 Å². The summed E-state index contributed by atoms with van der Waals surface area (Å²) in [6.45, 7) is 17.6. The summed E-state index contributed by atoms with van der Waals surface area (Å²) in [4.78, 5) is 28.0. The van der Waals surface area contributed by atoms with Gasteiger partial charge in [0.15, 0.2) is 11.6 Å². The second kappa shape index (κ2) is 10.6. The van der Waals surface area contributed by atoms with E-state index >= 15 is 0 Å². The Hall–Kier alpha value is -2.55. The van der Waals surface area contributed by atoms with Gasteiger partial charge in [-0.15, -0.1) is 10.2 Å². The van der Waals surface area contributed by atoms with E-state index in [-0.39, 0.29) is 56.6 Å². The summed E-state index contributed by atoms with van der Waals surface area (Å²) in [6.07, 6.45) is 13.7. The standard InChI is InChI=1S/C36H51N3O3/c1-9-11-23(22-37)30(41)33(5,6)24-13-14-34(7)25(19-24)20-27(40)29-26-21-32(3,4)15-17-36(26,18-16-35(29,34)8)31-39-38-28(42-31)12-10-2/h11,20,24,26,29H,9-10,12-19,21H2,1-8H3/b23-11-/t24-,26?,29?,34-,35-,36+/m1/s1. The number of nitriles is 1. The minimum absolute atomic E-state index is 0.0684. The summed E-state index contributed by atoms with van der Waals surface area (Å²) < 4.78 is 6.38. The zero-order valence-corrected chi connectivity index (χ0v) is 27.2. The summed E-state index contributed by atoms with van der Waals surface area (Å²) >= 11 is 0. The number of allylic oxidation sites excluding steroid dienone is 4. The van der Waals surface area contributed by atoms with Gasteiger partial charge in [0.1, 0.15) is 6.07 Å². The highest BCUT2D eigenvalue weighted by Gasteiger charge is 2.67. The van der Waals surface area contributed by atoms with Crippen LogP contribution in [0.25, 0.3) is 0 Å². The molecule has 0 aliphatic heterocycles. The number of aromatic nitrogens is 2. The average molecular weight is 574 g/mol. The summed E-state index contributed by atoms with van der Waals surface area (Å²) in [7, 11) is 0. The molecule has 4 aliphatic carbocycles. The van der Waals surface area contributed by atoms with Gasteiger partial charge in [-0.1, -0.05) is 67.0 Å². The van der Waals surface area contributed by atoms with Gasteiger partial charge in [-0.2, -0.15) is 5.26 Å².